The van der Waals surface area contributed by atoms with Crippen molar-refractivity contribution in [3.63, 3.8) is 0 Å². The molecule has 6 nitrogen and oxygen atoms in total. The van der Waals surface area contributed by atoms with Gasteiger partial charge < -0.3 is 10.2 Å². The van der Waals surface area contributed by atoms with Crippen LogP contribution in [0, 0.1) is 5.92 Å². The maximum atomic E-state index is 12.7. The van der Waals surface area contributed by atoms with Crippen molar-refractivity contribution in [3.05, 3.63) is 29.8 Å². The third kappa shape index (κ3) is 5.42. The molecule has 1 aliphatic heterocycles. The van der Waals surface area contributed by atoms with E-state index in [1.807, 2.05) is 7.05 Å². The second-order valence-electron chi connectivity index (χ2n) is 6.26. The van der Waals surface area contributed by atoms with Crippen molar-refractivity contribution in [3.8, 4) is 0 Å². The van der Waals surface area contributed by atoms with E-state index in [9.17, 15) is 26.4 Å². The Kier molecular flexibility index (Phi) is 6.64. The number of alkyl halides is 3. The van der Waals surface area contributed by atoms with E-state index in [-0.39, 0.29) is 5.91 Å². The number of nitrogens with one attached hydrogen (secondary N) is 2. The number of likely N-dealkylation sites (tertiary alicyclic amines) is 1. The highest BCUT2D eigenvalue weighted by Crippen LogP contribution is 2.30. The first-order chi connectivity index (χ1) is 12.1. The number of carbonyl (C=O) groups excluding carboxylic acids is 1. The number of nitrogens with zero attached hydrogens (tertiary/aromatic N) is 1. The summed E-state index contributed by atoms with van der Waals surface area (Å²) in [6.45, 7) is 1.36. The molecule has 2 N–H and O–H groups in total. The van der Waals surface area contributed by atoms with Gasteiger partial charge in [-0.3, -0.25) is 4.79 Å². The number of benzene rings is 1. The van der Waals surface area contributed by atoms with Gasteiger partial charge in [-0.25, -0.2) is 13.1 Å². The molecule has 1 heterocycles. The summed E-state index contributed by atoms with van der Waals surface area (Å²) in [6, 6.07) is 3.43. The van der Waals surface area contributed by atoms with E-state index in [1.54, 1.807) is 4.90 Å². The molecule has 1 aliphatic rings. The topological polar surface area (TPSA) is 78.5 Å². The van der Waals surface area contributed by atoms with Crippen LogP contribution in [0.5, 0.6) is 0 Å². The zero-order valence-corrected chi connectivity index (χ0v) is 15.2. The molecule has 0 radical (unpaired) electrons. The van der Waals surface area contributed by atoms with Crippen LogP contribution in [0.2, 0.25) is 0 Å². The Morgan fingerprint density at radius 3 is 2.73 bits per heavy atom. The Hall–Kier alpha value is -1.65. The number of sulfonamides is 1. The minimum absolute atomic E-state index is 0.303. The summed E-state index contributed by atoms with van der Waals surface area (Å²) in [5, 5.41) is 3.05. The summed E-state index contributed by atoms with van der Waals surface area (Å²) in [7, 11) is -2.39. The number of hydrogen-bond donors (Lipinski definition) is 2. The summed E-state index contributed by atoms with van der Waals surface area (Å²) in [5.74, 6) is -0.0841. The molecule has 1 atom stereocenters. The first-order valence-corrected chi connectivity index (χ1v) is 9.71. The van der Waals surface area contributed by atoms with Crippen LogP contribution in [0.3, 0.4) is 0 Å². The molecule has 2 rings (SSSR count). The second kappa shape index (κ2) is 8.36. The lowest BCUT2D eigenvalue weighted by Crippen LogP contribution is -2.46. The Morgan fingerprint density at radius 1 is 1.35 bits per heavy atom. The van der Waals surface area contributed by atoms with Gasteiger partial charge in [-0.2, -0.15) is 13.2 Å². The lowest BCUT2D eigenvalue weighted by atomic mass is 9.98. The van der Waals surface area contributed by atoms with E-state index in [4.69, 9.17) is 0 Å². The summed E-state index contributed by atoms with van der Waals surface area (Å²) in [5.41, 5.74) is -1.06. The third-order valence-corrected chi connectivity index (χ3v) is 5.65. The highest BCUT2D eigenvalue weighted by molar-refractivity contribution is 7.89. The van der Waals surface area contributed by atoms with Gasteiger partial charge in [0, 0.05) is 13.1 Å². The summed E-state index contributed by atoms with van der Waals surface area (Å²) >= 11 is 0. The van der Waals surface area contributed by atoms with E-state index in [0.717, 1.165) is 37.6 Å². The Morgan fingerprint density at radius 2 is 2.08 bits per heavy atom. The molecular formula is C16H22F3N3O3S. The molecular weight excluding hydrogens is 371 g/mol. The van der Waals surface area contributed by atoms with Gasteiger partial charge in [-0.05, 0) is 50.6 Å². The fourth-order valence-corrected chi connectivity index (χ4v) is 3.96. The largest absolute Gasteiger partial charge is 0.416 e. The van der Waals surface area contributed by atoms with Gasteiger partial charge >= 0.3 is 6.18 Å². The Bertz CT molecular complexity index is 736. The highest BCUT2D eigenvalue weighted by Gasteiger charge is 2.32. The van der Waals surface area contributed by atoms with Gasteiger partial charge in [-0.1, -0.05) is 6.07 Å². The molecule has 1 unspecified atom stereocenters. The molecule has 1 amide bonds. The van der Waals surface area contributed by atoms with Gasteiger partial charge in [0.15, 0.2) is 0 Å². The average molecular weight is 393 g/mol. The molecule has 26 heavy (non-hydrogen) atoms. The Balaban J connectivity index is 2.00. The van der Waals surface area contributed by atoms with Crippen molar-refractivity contribution in [2.75, 3.05) is 33.2 Å². The minimum Gasteiger partial charge on any atom is -0.341 e. The van der Waals surface area contributed by atoms with Crippen molar-refractivity contribution < 1.29 is 26.4 Å². The van der Waals surface area contributed by atoms with Gasteiger partial charge in [0.25, 0.3) is 0 Å². The van der Waals surface area contributed by atoms with Gasteiger partial charge in [-0.15, -0.1) is 0 Å². The molecule has 1 aromatic rings. The van der Waals surface area contributed by atoms with Gasteiger partial charge in [0.1, 0.15) is 0 Å². The van der Waals surface area contributed by atoms with Crippen molar-refractivity contribution >= 4 is 15.9 Å². The van der Waals surface area contributed by atoms with Crippen LogP contribution in [-0.2, 0) is 21.0 Å². The smallest absolute Gasteiger partial charge is 0.341 e. The van der Waals surface area contributed by atoms with Gasteiger partial charge in [0.2, 0.25) is 15.9 Å². The molecule has 0 saturated carbocycles. The number of amides is 1. The monoisotopic (exact) mass is 393 g/mol. The average Bonchev–Trinajstić information content (AvgIpc) is 2.60. The van der Waals surface area contributed by atoms with Crippen LogP contribution in [0.25, 0.3) is 0 Å². The lowest BCUT2D eigenvalue weighted by molar-refractivity contribution is -0.137. The molecule has 146 valence electrons. The fraction of sp³-hybridized carbons (Fsp3) is 0.562. The van der Waals surface area contributed by atoms with Crippen LogP contribution < -0.4 is 10.0 Å². The molecule has 0 spiro atoms. The fourth-order valence-electron chi connectivity index (χ4n) is 2.94. The third-order valence-electron chi connectivity index (χ3n) is 4.25. The molecule has 0 aromatic heterocycles. The summed E-state index contributed by atoms with van der Waals surface area (Å²) in [6.07, 6.45) is -2.82. The van der Waals surface area contributed by atoms with Crippen molar-refractivity contribution in [2.24, 2.45) is 5.92 Å². The normalized spacial score (nSPS) is 18.8. The number of carbonyl (C=O) groups is 1. The Labute approximate surface area is 150 Å². The van der Waals surface area contributed by atoms with Crippen LogP contribution in [0.4, 0.5) is 13.2 Å². The van der Waals surface area contributed by atoms with Gasteiger partial charge in [0.05, 0.1) is 17.0 Å². The van der Waals surface area contributed by atoms with E-state index in [0.29, 0.717) is 25.1 Å². The SMILES string of the molecule is CNCC1CCCN(C(=O)CNS(=O)(=O)c2cccc(C(F)(F)F)c2)C1. The molecule has 1 aromatic carbocycles. The quantitative estimate of drug-likeness (QED) is 0.767. The van der Waals surface area contributed by atoms with Crippen molar-refractivity contribution in [2.45, 2.75) is 23.9 Å². The summed E-state index contributed by atoms with van der Waals surface area (Å²) < 4.78 is 64.7. The molecule has 0 bridgehead atoms. The van der Waals surface area contributed by atoms with E-state index in [2.05, 4.69) is 10.0 Å². The van der Waals surface area contributed by atoms with E-state index < -0.39 is 33.2 Å². The summed E-state index contributed by atoms with van der Waals surface area (Å²) in [4.78, 5) is 13.3. The number of piperidine rings is 1. The maximum absolute atomic E-state index is 12.7. The van der Waals surface area contributed by atoms with Crippen LogP contribution >= 0.6 is 0 Å². The van der Waals surface area contributed by atoms with Crippen LogP contribution in [0.1, 0.15) is 18.4 Å². The first-order valence-electron chi connectivity index (χ1n) is 8.23. The second-order valence-corrected chi connectivity index (χ2v) is 8.02. The van der Waals surface area contributed by atoms with E-state index >= 15 is 0 Å². The zero-order chi connectivity index (χ0) is 19.4. The molecule has 0 aliphatic carbocycles. The lowest BCUT2D eigenvalue weighted by Gasteiger charge is -2.32. The maximum Gasteiger partial charge on any atom is 0.416 e. The van der Waals surface area contributed by atoms with Crippen molar-refractivity contribution in [1.82, 2.24) is 14.9 Å². The molecule has 10 heteroatoms. The highest BCUT2D eigenvalue weighted by atomic mass is 32.2. The van der Waals surface area contributed by atoms with Crippen LogP contribution in [0.15, 0.2) is 29.2 Å². The predicted molar refractivity (Wildman–Crippen MR) is 89.9 cm³/mol. The minimum atomic E-state index is -4.64. The predicted octanol–water partition coefficient (Wildman–Crippen LogP) is 1.44. The number of halogens is 3. The van der Waals surface area contributed by atoms with Crippen LogP contribution in [-0.4, -0.2) is 52.5 Å². The van der Waals surface area contributed by atoms with Crippen molar-refractivity contribution in [1.29, 1.82) is 0 Å². The standard InChI is InChI=1S/C16H22F3N3O3S/c1-20-9-12-4-3-7-22(11-12)15(23)10-21-26(24,25)14-6-2-5-13(8-14)16(17,18)19/h2,5-6,8,12,20-21H,3-4,7,9-11H2,1H3. The molecule has 1 saturated heterocycles. The zero-order valence-electron chi connectivity index (χ0n) is 14.3. The first kappa shape index (κ1) is 20.7. The van der Waals surface area contributed by atoms with E-state index in [1.165, 1.54) is 0 Å². The number of hydrogen-bond acceptors (Lipinski definition) is 4. The number of rotatable bonds is 6. The molecule has 1 fully saturated rings.